The highest BCUT2D eigenvalue weighted by Crippen LogP contribution is 2.27. The Morgan fingerprint density at radius 1 is 1.04 bits per heavy atom. The molecule has 0 saturated carbocycles. The highest BCUT2D eigenvalue weighted by molar-refractivity contribution is 5.96. The van der Waals surface area contributed by atoms with Gasteiger partial charge in [-0.3, -0.25) is 14.4 Å². The molecule has 0 saturated heterocycles. The minimum absolute atomic E-state index is 0.0190. The third-order valence-corrected chi connectivity index (χ3v) is 3.44. The highest BCUT2D eigenvalue weighted by atomic mass is 16.5. The Labute approximate surface area is 156 Å². The maximum absolute atomic E-state index is 12.1. The van der Waals surface area contributed by atoms with E-state index < -0.39 is 18.5 Å². The van der Waals surface area contributed by atoms with E-state index in [0.717, 1.165) is 0 Å². The molecular weight excluding hydrogens is 352 g/mol. The molecule has 0 fully saturated rings. The zero-order valence-electron chi connectivity index (χ0n) is 14.9. The predicted molar refractivity (Wildman–Crippen MR) is 98.7 cm³/mol. The largest absolute Gasteiger partial charge is 0.508 e. The van der Waals surface area contributed by atoms with E-state index in [4.69, 9.17) is 9.47 Å². The highest BCUT2D eigenvalue weighted by Gasteiger charge is 2.12. The molecule has 2 amide bonds. The van der Waals surface area contributed by atoms with Crippen molar-refractivity contribution < 1.29 is 29.0 Å². The van der Waals surface area contributed by atoms with Crippen molar-refractivity contribution in [2.45, 2.75) is 13.3 Å². The number of aromatic hydroxyl groups is 1. The molecule has 3 N–H and O–H groups in total. The smallest absolute Gasteiger partial charge is 0.310 e. The summed E-state index contributed by atoms with van der Waals surface area (Å²) in [6.07, 6.45) is -0.0190. The van der Waals surface area contributed by atoms with Crippen LogP contribution in [-0.4, -0.2) is 36.6 Å². The topological polar surface area (TPSA) is 114 Å². The van der Waals surface area contributed by atoms with Crippen molar-refractivity contribution in [2.75, 3.05) is 24.4 Å². The van der Waals surface area contributed by atoms with Gasteiger partial charge in [0.15, 0.2) is 6.61 Å². The lowest BCUT2D eigenvalue weighted by Gasteiger charge is -2.12. The Morgan fingerprint density at radius 2 is 1.74 bits per heavy atom. The van der Waals surface area contributed by atoms with Crippen LogP contribution >= 0.6 is 0 Å². The first kappa shape index (κ1) is 19.8. The van der Waals surface area contributed by atoms with Gasteiger partial charge in [0.1, 0.15) is 11.5 Å². The molecule has 8 nitrogen and oxygen atoms in total. The van der Waals surface area contributed by atoms with Crippen molar-refractivity contribution in [2.24, 2.45) is 0 Å². The maximum Gasteiger partial charge on any atom is 0.310 e. The van der Waals surface area contributed by atoms with Gasteiger partial charge in [-0.25, -0.2) is 0 Å². The fourth-order valence-corrected chi connectivity index (χ4v) is 2.25. The normalized spacial score (nSPS) is 10.0. The molecule has 0 aliphatic rings. The molecule has 0 aromatic heterocycles. The first-order valence-electron chi connectivity index (χ1n) is 8.06. The van der Waals surface area contributed by atoms with E-state index in [9.17, 15) is 19.5 Å². The van der Waals surface area contributed by atoms with Crippen LogP contribution < -0.4 is 15.4 Å². The van der Waals surface area contributed by atoms with E-state index in [0.29, 0.717) is 22.7 Å². The second-order valence-corrected chi connectivity index (χ2v) is 5.65. The number of benzene rings is 2. The number of amides is 2. The van der Waals surface area contributed by atoms with Gasteiger partial charge < -0.3 is 25.2 Å². The lowest BCUT2D eigenvalue weighted by molar-refractivity contribution is -0.146. The Bertz CT molecular complexity index is 833. The summed E-state index contributed by atoms with van der Waals surface area (Å²) in [5, 5.41) is 14.4. The number of phenols is 1. The standard InChI is InChI=1S/C19H20N2O6/c1-12(22)20-14-5-8-17(26-2)16(10-14)21-18(24)11-27-19(25)9-13-3-6-15(23)7-4-13/h3-8,10,23H,9,11H2,1-2H3,(H,20,22)(H,21,24). The number of carbonyl (C=O) groups is 3. The summed E-state index contributed by atoms with van der Waals surface area (Å²) in [5.74, 6) is -0.877. The number of methoxy groups -OCH3 is 1. The van der Waals surface area contributed by atoms with Crippen LogP contribution in [0.2, 0.25) is 0 Å². The van der Waals surface area contributed by atoms with E-state index in [2.05, 4.69) is 10.6 Å². The molecule has 2 aromatic carbocycles. The summed E-state index contributed by atoms with van der Waals surface area (Å²) < 4.78 is 10.1. The molecule has 2 aromatic rings. The Hall–Kier alpha value is -3.55. The SMILES string of the molecule is COc1ccc(NC(C)=O)cc1NC(=O)COC(=O)Cc1ccc(O)cc1. The molecule has 0 aliphatic heterocycles. The van der Waals surface area contributed by atoms with Crippen LogP contribution in [0.3, 0.4) is 0 Å². The van der Waals surface area contributed by atoms with Gasteiger partial charge in [0.05, 0.1) is 19.2 Å². The van der Waals surface area contributed by atoms with Gasteiger partial charge in [0, 0.05) is 12.6 Å². The molecule has 0 radical (unpaired) electrons. The second-order valence-electron chi connectivity index (χ2n) is 5.65. The molecular formula is C19H20N2O6. The van der Waals surface area contributed by atoms with Crippen LogP contribution in [0.4, 0.5) is 11.4 Å². The van der Waals surface area contributed by atoms with Crippen LogP contribution in [0.1, 0.15) is 12.5 Å². The molecule has 0 atom stereocenters. The number of anilines is 2. The molecule has 0 aliphatic carbocycles. The van der Waals surface area contributed by atoms with Crippen LogP contribution in [0.25, 0.3) is 0 Å². The summed E-state index contributed by atoms with van der Waals surface area (Å²) >= 11 is 0. The predicted octanol–water partition coefficient (Wildman–Crippen LogP) is 2.08. The monoisotopic (exact) mass is 372 g/mol. The van der Waals surface area contributed by atoms with E-state index >= 15 is 0 Å². The summed E-state index contributed by atoms with van der Waals surface area (Å²) in [6, 6.07) is 10.9. The van der Waals surface area contributed by atoms with Gasteiger partial charge in [0.25, 0.3) is 5.91 Å². The number of esters is 1. The van der Waals surface area contributed by atoms with Crippen LogP contribution in [0, 0.1) is 0 Å². The van der Waals surface area contributed by atoms with Crippen molar-refractivity contribution in [3.63, 3.8) is 0 Å². The molecule has 0 heterocycles. The molecule has 142 valence electrons. The number of ether oxygens (including phenoxy) is 2. The molecule has 0 bridgehead atoms. The third-order valence-electron chi connectivity index (χ3n) is 3.44. The minimum atomic E-state index is -0.574. The van der Waals surface area contributed by atoms with Gasteiger partial charge in [-0.1, -0.05) is 12.1 Å². The molecule has 0 unspecified atom stereocenters. The van der Waals surface area contributed by atoms with Gasteiger partial charge in [-0.05, 0) is 35.9 Å². The van der Waals surface area contributed by atoms with Crippen LogP contribution in [-0.2, 0) is 25.5 Å². The number of phenolic OH excluding ortho intramolecular Hbond substituents is 1. The summed E-state index contributed by atoms with van der Waals surface area (Å²) in [7, 11) is 1.45. The Kier molecular flexibility index (Phi) is 6.76. The van der Waals surface area contributed by atoms with Crippen molar-refractivity contribution in [3.05, 3.63) is 48.0 Å². The number of rotatable bonds is 7. The average Bonchev–Trinajstić information content (AvgIpc) is 2.62. The molecule has 2 rings (SSSR count). The Morgan fingerprint density at radius 3 is 2.37 bits per heavy atom. The van der Waals surface area contributed by atoms with E-state index in [1.165, 1.54) is 32.2 Å². The molecule has 8 heteroatoms. The number of nitrogens with one attached hydrogen (secondary N) is 2. The average molecular weight is 372 g/mol. The fraction of sp³-hybridized carbons (Fsp3) is 0.211. The van der Waals surface area contributed by atoms with E-state index in [1.54, 1.807) is 24.3 Å². The maximum atomic E-state index is 12.1. The summed E-state index contributed by atoms with van der Waals surface area (Å²) in [6.45, 7) is 0.903. The molecule has 0 spiro atoms. The first-order chi connectivity index (χ1) is 12.9. The van der Waals surface area contributed by atoms with Crippen LogP contribution in [0.5, 0.6) is 11.5 Å². The van der Waals surface area contributed by atoms with Gasteiger partial charge in [0.2, 0.25) is 5.91 Å². The lowest BCUT2D eigenvalue weighted by Crippen LogP contribution is -2.22. The van der Waals surface area contributed by atoms with E-state index in [1.807, 2.05) is 0 Å². The van der Waals surface area contributed by atoms with E-state index in [-0.39, 0.29) is 18.1 Å². The quantitative estimate of drug-likeness (QED) is 0.641. The zero-order valence-corrected chi connectivity index (χ0v) is 14.9. The number of hydrogen-bond donors (Lipinski definition) is 3. The third kappa shape index (κ3) is 6.35. The lowest BCUT2D eigenvalue weighted by atomic mass is 10.1. The van der Waals surface area contributed by atoms with Gasteiger partial charge in [-0.15, -0.1) is 0 Å². The summed E-state index contributed by atoms with van der Waals surface area (Å²) in [5.41, 5.74) is 1.48. The van der Waals surface area contributed by atoms with Crippen molar-refractivity contribution >= 4 is 29.2 Å². The van der Waals surface area contributed by atoms with Gasteiger partial charge in [-0.2, -0.15) is 0 Å². The van der Waals surface area contributed by atoms with Crippen molar-refractivity contribution in [1.82, 2.24) is 0 Å². The molecule has 27 heavy (non-hydrogen) atoms. The summed E-state index contributed by atoms with van der Waals surface area (Å²) in [4.78, 5) is 35.0. The van der Waals surface area contributed by atoms with Crippen molar-refractivity contribution in [3.8, 4) is 11.5 Å². The van der Waals surface area contributed by atoms with Crippen LogP contribution in [0.15, 0.2) is 42.5 Å². The number of hydrogen-bond acceptors (Lipinski definition) is 6. The minimum Gasteiger partial charge on any atom is -0.508 e. The fourth-order valence-electron chi connectivity index (χ4n) is 2.25. The second kappa shape index (κ2) is 9.23. The Balaban J connectivity index is 1.91. The first-order valence-corrected chi connectivity index (χ1v) is 8.06. The number of carbonyl (C=O) groups excluding carboxylic acids is 3. The van der Waals surface area contributed by atoms with Gasteiger partial charge >= 0.3 is 5.97 Å². The van der Waals surface area contributed by atoms with Crippen molar-refractivity contribution in [1.29, 1.82) is 0 Å². The zero-order chi connectivity index (χ0) is 19.8.